The zero-order valence-corrected chi connectivity index (χ0v) is 11.3. The first-order valence-corrected chi connectivity index (χ1v) is 7.37. The highest BCUT2D eigenvalue weighted by atomic mass is 14.9. The molecule has 100 valence electrons. The summed E-state index contributed by atoms with van der Waals surface area (Å²) in [6, 6.07) is 11.4. The zero-order chi connectivity index (χ0) is 12.6. The zero-order valence-electron chi connectivity index (χ0n) is 11.3. The van der Waals surface area contributed by atoms with E-state index in [9.17, 15) is 0 Å². The molecule has 18 heavy (non-hydrogen) atoms. The first-order valence-electron chi connectivity index (χ1n) is 7.37. The molecule has 2 rings (SSSR count). The van der Waals surface area contributed by atoms with Crippen molar-refractivity contribution >= 4 is 0 Å². The van der Waals surface area contributed by atoms with Gasteiger partial charge in [0.2, 0.25) is 0 Å². The van der Waals surface area contributed by atoms with Crippen LogP contribution in [0, 0.1) is 5.92 Å². The quantitative estimate of drug-likeness (QED) is 0.757. The van der Waals surface area contributed by atoms with Crippen LogP contribution < -0.4 is 11.1 Å². The molecular formula is C16H26N2. The second kappa shape index (κ2) is 7.55. The van der Waals surface area contributed by atoms with E-state index in [0.717, 1.165) is 13.1 Å². The fraction of sp³-hybridized carbons (Fsp3) is 0.625. The second-order valence-corrected chi connectivity index (χ2v) is 5.43. The van der Waals surface area contributed by atoms with Crippen LogP contribution in [0.1, 0.15) is 37.7 Å². The summed E-state index contributed by atoms with van der Waals surface area (Å²) in [4.78, 5) is 0. The molecule has 0 aliphatic heterocycles. The average Bonchev–Trinajstić information content (AvgIpc) is 2.45. The third-order valence-corrected chi connectivity index (χ3v) is 4.10. The van der Waals surface area contributed by atoms with Crippen molar-refractivity contribution in [1.29, 1.82) is 0 Å². The molecule has 2 unspecified atom stereocenters. The van der Waals surface area contributed by atoms with E-state index in [4.69, 9.17) is 5.73 Å². The van der Waals surface area contributed by atoms with E-state index in [1.54, 1.807) is 0 Å². The van der Waals surface area contributed by atoms with Crippen molar-refractivity contribution in [2.24, 2.45) is 11.7 Å². The predicted octanol–water partition coefficient (Wildman–Crippen LogP) is 2.73. The first-order chi connectivity index (χ1) is 8.90. The Hall–Kier alpha value is -0.860. The molecule has 0 saturated heterocycles. The number of hydrogen-bond acceptors (Lipinski definition) is 2. The van der Waals surface area contributed by atoms with Crippen molar-refractivity contribution in [3.05, 3.63) is 35.9 Å². The molecule has 1 aliphatic carbocycles. The van der Waals surface area contributed by atoms with E-state index in [1.807, 2.05) is 0 Å². The van der Waals surface area contributed by atoms with Crippen LogP contribution in [0.2, 0.25) is 0 Å². The van der Waals surface area contributed by atoms with Crippen LogP contribution in [-0.4, -0.2) is 19.1 Å². The van der Waals surface area contributed by atoms with E-state index in [1.165, 1.54) is 44.1 Å². The molecule has 0 radical (unpaired) electrons. The summed E-state index contributed by atoms with van der Waals surface area (Å²) >= 11 is 0. The van der Waals surface area contributed by atoms with Gasteiger partial charge in [0.05, 0.1) is 0 Å². The van der Waals surface area contributed by atoms with Gasteiger partial charge in [-0.25, -0.2) is 0 Å². The predicted molar refractivity (Wildman–Crippen MR) is 77.6 cm³/mol. The van der Waals surface area contributed by atoms with Crippen LogP contribution in [0.15, 0.2) is 30.3 Å². The number of aryl methyl sites for hydroxylation is 1. The molecular weight excluding hydrogens is 220 g/mol. The normalized spacial score (nSPS) is 24.1. The van der Waals surface area contributed by atoms with E-state index in [2.05, 4.69) is 35.6 Å². The second-order valence-electron chi connectivity index (χ2n) is 5.43. The fourth-order valence-corrected chi connectivity index (χ4v) is 2.98. The van der Waals surface area contributed by atoms with Gasteiger partial charge in [-0.3, -0.25) is 0 Å². The van der Waals surface area contributed by atoms with Gasteiger partial charge >= 0.3 is 0 Å². The average molecular weight is 246 g/mol. The topological polar surface area (TPSA) is 38.0 Å². The summed E-state index contributed by atoms with van der Waals surface area (Å²) in [7, 11) is 0. The van der Waals surface area contributed by atoms with Gasteiger partial charge in [-0.1, -0.05) is 43.2 Å². The largest absolute Gasteiger partial charge is 0.330 e. The van der Waals surface area contributed by atoms with Crippen molar-refractivity contribution in [3.63, 3.8) is 0 Å². The van der Waals surface area contributed by atoms with Gasteiger partial charge in [-0.05, 0) is 50.3 Å². The maximum Gasteiger partial charge on any atom is 0.0107 e. The van der Waals surface area contributed by atoms with Gasteiger partial charge in [0, 0.05) is 6.04 Å². The van der Waals surface area contributed by atoms with Crippen LogP contribution in [0.5, 0.6) is 0 Å². The Kier molecular flexibility index (Phi) is 5.69. The van der Waals surface area contributed by atoms with Gasteiger partial charge in [0.25, 0.3) is 0 Å². The fourth-order valence-electron chi connectivity index (χ4n) is 2.98. The highest BCUT2D eigenvalue weighted by Gasteiger charge is 2.22. The minimum absolute atomic E-state index is 0.666. The third-order valence-electron chi connectivity index (χ3n) is 4.10. The van der Waals surface area contributed by atoms with Crippen LogP contribution in [0.3, 0.4) is 0 Å². The van der Waals surface area contributed by atoms with E-state index in [0.29, 0.717) is 12.0 Å². The van der Waals surface area contributed by atoms with E-state index in [-0.39, 0.29) is 0 Å². The summed E-state index contributed by atoms with van der Waals surface area (Å²) < 4.78 is 0. The summed E-state index contributed by atoms with van der Waals surface area (Å²) in [6.45, 7) is 1.96. The molecule has 1 saturated carbocycles. The smallest absolute Gasteiger partial charge is 0.0107 e. The Balaban J connectivity index is 1.65. The summed E-state index contributed by atoms with van der Waals surface area (Å²) in [5.74, 6) is 0.704. The van der Waals surface area contributed by atoms with Crippen molar-refractivity contribution in [2.75, 3.05) is 13.1 Å². The van der Waals surface area contributed by atoms with Crippen molar-refractivity contribution in [2.45, 2.75) is 44.6 Å². The monoisotopic (exact) mass is 246 g/mol. The van der Waals surface area contributed by atoms with Gasteiger partial charge in [-0.2, -0.15) is 0 Å². The van der Waals surface area contributed by atoms with E-state index >= 15 is 0 Å². The molecule has 2 atom stereocenters. The minimum Gasteiger partial charge on any atom is -0.330 e. The molecule has 2 nitrogen and oxygen atoms in total. The van der Waals surface area contributed by atoms with Gasteiger partial charge in [0.15, 0.2) is 0 Å². The molecule has 2 heteroatoms. The van der Waals surface area contributed by atoms with Crippen LogP contribution in [0.25, 0.3) is 0 Å². The van der Waals surface area contributed by atoms with Gasteiger partial charge in [-0.15, -0.1) is 0 Å². The lowest BCUT2D eigenvalue weighted by Gasteiger charge is -2.31. The Morgan fingerprint density at radius 2 is 1.89 bits per heavy atom. The standard InChI is InChI=1S/C16H26N2/c17-13-15-10-4-5-11-16(15)18-12-6-9-14-7-2-1-3-8-14/h1-3,7-8,15-16,18H,4-6,9-13,17H2. The summed E-state index contributed by atoms with van der Waals surface area (Å²) in [5, 5.41) is 3.71. The van der Waals surface area contributed by atoms with Crippen LogP contribution in [-0.2, 0) is 6.42 Å². The van der Waals surface area contributed by atoms with Gasteiger partial charge < -0.3 is 11.1 Å². The number of benzene rings is 1. The van der Waals surface area contributed by atoms with Crippen molar-refractivity contribution in [1.82, 2.24) is 5.32 Å². The first kappa shape index (κ1) is 13.6. The SMILES string of the molecule is NCC1CCCCC1NCCCc1ccccc1. The molecule has 0 heterocycles. The lowest BCUT2D eigenvalue weighted by Crippen LogP contribution is -2.42. The number of rotatable bonds is 6. The van der Waals surface area contributed by atoms with Crippen LogP contribution in [0.4, 0.5) is 0 Å². The number of nitrogens with one attached hydrogen (secondary N) is 1. The summed E-state index contributed by atoms with van der Waals surface area (Å²) in [6.07, 6.45) is 7.75. The maximum absolute atomic E-state index is 5.85. The van der Waals surface area contributed by atoms with Gasteiger partial charge in [0.1, 0.15) is 0 Å². The Morgan fingerprint density at radius 1 is 1.11 bits per heavy atom. The molecule has 1 aliphatic rings. The van der Waals surface area contributed by atoms with Crippen molar-refractivity contribution in [3.8, 4) is 0 Å². The minimum atomic E-state index is 0.666. The maximum atomic E-state index is 5.85. The lowest BCUT2D eigenvalue weighted by molar-refractivity contribution is 0.268. The molecule has 1 aromatic rings. The highest BCUT2D eigenvalue weighted by molar-refractivity contribution is 5.14. The Morgan fingerprint density at radius 3 is 2.67 bits per heavy atom. The highest BCUT2D eigenvalue weighted by Crippen LogP contribution is 2.23. The van der Waals surface area contributed by atoms with Crippen molar-refractivity contribution < 1.29 is 0 Å². The molecule has 0 bridgehead atoms. The Bertz CT molecular complexity index is 323. The lowest BCUT2D eigenvalue weighted by atomic mass is 9.84. The molecule has 0 spiro atoms. The van der Waals surface area contributed by atoms with Crippen LogP contribution >= 0.6 is 0 Å². The molecule has 1 fully saturated rings. The summed E-state index contributed by atoms with van der Waals surface area (Å²) in [5.41, 5.74) is 7.29. The van der Waals surface area contributed by atoms with E-state index < -0.39 is 0 Å². The molecule has 3 N–H and O–H groups in total. The third kappa shape index (κ3) is 4.11. The number of hydrogen-bond donors (Lipinski definition) is 2. The molecule has 0 amide bonds. The Labute approximate surface area is 111 Å². The molecule has 0 aromatic heterocycles. The number of nitrogens with two attached hydrogens (primary N) is 1. The molecule has 1 aromatic carbocycles.